The summed E-state index contributed by atoms with van der Waals surface area (Å²) in [5.74, 6) is 0.627. The number of anilines is 1. The molecule has 1 saturated heterocycles. The van der Waals surface area contributed by atoms with Gasteiger partial charge in [0.05, 0.1) is 23.9 Å². The van der Waals surface area contributed by atoms with E-state index in [4.69, 9.17) is 16.3 Å². The Bertz CT molecular complexity index is 1090. The van der Waals surface area contributed by atoms with E-state index in [0.29, 0.717) is 49.2 Å². The number of halogens is 1. The number of aromatic nitrogens is 1. The highest BCUT2D eigenvalue weighted by molar-refractivity contribution is 6.33. The number of rotatable bonds is 6. The normalized spacial score (nSPS) is 14.6. The third kappa shape index (κ3) is 5.00. The molecule has 7 nitrogen and oxygen atoms in total. The zero-order valence-electron chi connectivity index (χ0n) is 17.4. The van der Waals surface area contributed by atoms with Crippen molar-refractivity contribution in [3.8, 4) is 5.75 Å². The van der Waals surface area contributed by atoms with E-state index >= 15 is 0 Å². The number of fused-ring (bicyclic) bond motifs is 1. The van der Waals surface area contributed by atoms with Crippen molar-refractivity contribution >= 4 is 40.0 Å². The third-order valence-electron chi connectivity index (χ3n) is 5.31. The molecule has 0 unspecified atom stereocenters. The Morgan fingerprint density at radius 3 is 2.61 bits per heavy atom. The smallest absolute Gasteiger partial charge is 0.270 e. The summed E-state index contributed by atoms with van der Waals surface area (Å²) in [5.41, 5.74) is 2.05. The molecule has 2 amide bonds. The van der Waals surface area contributed by atoms with Crippen molar-refractivity contribution in [2.45, 2.75) is 6.92 Å². The van der Waals surface area contributed by atoms with Crippen molar-refractivity contribution in [1.29, 1.82) is 0 Å². The van der Waals surface area contributed by atoms with Crippen molar-refractivity contribution < 1.29 is 14.3 Å². The second-order valence-electron chi connectivity index (χ2n) is 7.46. The summed E-state index contributed by atoms with van der Waals surface area (Å²) in [5, 5.41) is 4.32. The fourth-order valence-corrected chi connectivity index (χ4v) is 3.90. The van der Waals surface area contributed by atoms with Gasteiger partial charge in [-0.2, -0.15) is 0 Å². The molecule has 0 spiro atoms. The number of amides is 2. The van der Waals surface area contributed by atoms with Crippen molar-refractivity contribution in [2.75, 3.05) is 44.6 Å². The van der Waals surface area contributed by atoms with Gasteiger partial charge in [-0.1, -0.05) is 23.7 Å². The maximum atomic E-state index is 12.9. The Morgan fingerprint density at radius 2 is 1.87 bits per heavy atom. The van der Waals surface area contributed by atoms with Crippen molar-refractivity contribution in [2.24, 2.45) is 0 Å². The Morgan fingerprint density at radius 1 is 1.10 bits per heavy atom. The molecule has 1 aliphatic heterocycles. The highest BCUT2D eigenvalue weighted by atomic mass is 35.5. The number of aromatic amines is 1. The van der Waals surface area contributed by atoms with Gasteiger partial charge < -0.3 is 19.9 Å². The Labute approximate surface area is 185 Å². The number of ether oxygens (including phenoxy) is 1. The molecule has 2 heterocycles. The van der Waals surface area contributed by atoms with E-state index in [0.717, 1.165) is 16.7 Å². The minimum atomic E-state index is -0.117. The Balaban J connectivity index is 1.32. The predicted octanol–water partition coefficient (Wildman–Crippen LogP) is 3.62. The van der Waals surface area contributed by atoms with Gasteiger partial charge in [0.1, 0.15) is 11.4 Å². The summed E-state index contributed by atoms with van der Waals surface area (Å²) in [6, 6.07) is 14.8. The van der Waals surface area contributed by atoms with Crippen LogP contribution in [0.15, 0.2) is 48.5 Å². The molecule has 0 radical (unpaired) electrons. The molecular weight excluding hydrogens is 416 g/mol. The van der Waals surface area contributed by atoms with Gasteiger partial charge in [0.2, 0.25) is 5.91 Å². The highest BCUT2D eigenvalue weighted by Crippen LogP contribution is 2.23. The molecule has 4 rings (SSSR count). The van der Waals surface area contributed by atoms with Gasteiger partial charge in [-0.15, -0.1) is 0 Å². The molecule has 1 fully saturated rings. The maximum absolute atomic E-state index is 12.9. The monoisotopic (exact) mass is 440 g/mol. The van der Waals surface area contributed by atoms with Crippen LogP contribution in [-0.2, 0) is 4.79 Å². The summed E-state index contributed by atoms with van der Waals surface area (Å²) >= 11 is 6.09. The summed E-state index contributed by atoms with van der Waals surface area (Å²) in [6.07, 6.45) is 0. The van der Waals surface area contributed by atoms with Crippen LogP contribution in [0.1, 0.15) is 17.4 Å². The molecule has 8 heteroatoms. The van der Waals surface area contributed by atoms with Crippen LogP contribution in [0.25, 0.3) is 10.9 Å². The van der Waals surface area contributed by atoms with Crippen molar-refractivity contribution in [3.05, 3.63) is 59.2 Å². The summed E-state index contributed by atoms with van der Waals surface area (Å²) in [4.78, 5) is 32.3. The average Bonchev–Trinajstić information content (AvgIpc) is 3.19. The predicted molar refractivity (Wildman–Crippen MR) is 122 cm³/mol. The quantitative estimate of drug-likeness (QED) is 0.613. The van der Waals surface area contributed by atoms with Gasteiger partial charge in [0, 0.05) is 43.1 Å². The molecule has 2 N–H and O–H groups in total. The van der Waals surface area contributed by atoms with Crippen LogP contribution >= 0.6 is 11.6 Å². The first kappa shape index (κ1) is 21.2. The van der Waals surface area contributed by atoms with E-state index in [1.54, 1.807) is 12.1 Å². The van der Waals surface area contributed by atoms with Gasteiger partial charge in [-0.05, 0) is 37.3 Å². The first-order valence-electron chi connectivity index (χ1n) is 10.3. The lowest BCUT2D eigenvalue weighted by molar-refractivity contribution is -0.117. The number of carbonyl (C=O) groups is 2. The molecule has 1 aromatic heterocycles. The second kappa shape index (κ2) is 9.41. The molecule has 0 bridgehead atoms. The van der Waals surface area contributed by atoms with E-state index in [2.05, 4.69) is 10.3 Å². The molecule has 31 heavy (non-hydrogen) atoms. The number of benzene rings is 2. The van der Waals surface area contributed by atoms with Crippen LogP contribution in [0.2, 0.25) is 5.02 Å². The number of hydrogen-bond acceptors (Lipinski definition) is 4. The van der Waals surface area contributed by atoms with Gasteiger partial charge in [0.25, 0.3) is 5.91 Å². The molecule has 3 aromatic rings. The number of para-hydroxylation sites is 1. The van der Waals surface area contributed by atoms with Crippen LogP contribution < -0.4 is 10.1 Å². The molecule has 1 aliphatic rings. The van der Waals surface area contributed by atoms with Crippen molar-refractivity contribution in [1.82, 2.24) is 14.8 Å². The Kier molecular flexibility index (Phi) is 6.44. The fraction of sp³-hybridized carbons (Fsp3) is 0.304. The van der Waals surface area contributed by atoms with E-state index in [9.17, 15) is 9.59 Å². The standard InChI is InChI=1S/C23H25ClN4O3/c1-2-31-17-8-7-16-13-21(25-20(16)14-17)23(30)28-11-9-27(10-12-28)15-22(29)26-19-6-4-3-5-18(19)24/h3-8,13-14,25H,2,9-12,15H2,1H3,(H,26,29). The average molecular weight is 441 g/mol. The maximum Gasteiger partial charge on any atom is 0.270 e. The lowest BCUT2D eigenvalue weighted by Gasteiger charge is -2.34. The third-order valence-corrected chi connectivity index (χ3v) is 5.64. The fourth-order valence-electron chi connectivity index (χ4n) is 3.71. The molecular formula is C23H25ClN4O3. The second-order valence-corrected chi connectivity index (χ2v) is 7.87. The molecule has 0 aliphatic carbocycles. The minimum Gasteiger partial charge on any atom is -0.494 e. The number of nitrogens with one attached hydrogen (secondary N) is 2. The number of piperazine rings is 1. The summed E-state index contributed by atoms with van der Waals surface area (Å²) in [6.45, 7) is 5.20. The first-order chi connectivity index (χ1) is 15.0. The lowest BCUT2D eigenvalue weighted by atomic mass is 10.2. The molecule has 0 saturated carbocycles. The molecule has 162 valence electrons. The van der Waals surface area contributed by atoms with Crippen molar-refractivity contribution in [3.63, 3.8) is 0 Å². The van der Waals surface area contributed by atoms with E-state index in [1.807, 2.05) is 53.1 Å². The number of nitrogens with zero attached hydrogens (tertiary/aromatic N) is 2. The lowest BCUT2D eigenvalue weighted by Crippen LogP contribution is -2.50. The van der Waals surface area contributed by atoms with E-state index in [-0.39, 0.29) is 18.4 Å². The molecule has 2 aromatic carbocycles. The van der Waals surface area contributed by atoms with E-state index in [1.165, 1.54) is 0 Å². The minimum absolute atomic E-state index is 0.0330. The van der Waals surface area contributed by atoms with E-state index < -0.39 is 0 Å². The number of H-pyrrole nitrogens is 1. The summed E-state index contributed by atoms with van der Waals surface area (Å²) in [7, 11) is 0. The zero-order valence-corrected chi connectivity index (χ0v) is 18.1. The van der Waals surface area contributed by atoms with Gasteiger partial charge in [-0.25, -0.2) is 0 Å². The van der Waals surface area contributed by atoms with Crippen LogP contribution in [0.4, 0.5) is 5.69 Å². The van der Waals surface area contributed by atoms with Crippen LogP contribution in [-0.4, -0.2) is 65.9 Å². The number of hydrogen-bond donors (Lipinski definition) is 2. The largest absolute Gasteiger partial charge is 0.494 e. The SMILES string of the molecule is CCOc1ccc2cc(C(=O)N3CCN(CC(=O)Nc4ccccc4Cl)CC3)[nH]c2c1. The first-order valence-corrected chi connectivity index (χ1v) is 10.7. The topological polar surface area (TPSA) is 77.7 Å². The summed E-state index contributed by atoms with van der Waals surface area (Å²) < 4.78 is 5.53. The number of carbonyl (C=O) groups excluding carboxylic acids is 2. The molecule has 0 atom stereocenters. The van der Waals surface area contributed by atoms with Crippen LogP contribution in [0.5, 0.6) is 5.75 Å². The van der Waals surface area contributed by atoms with Gasteiger partial charge in [-0.3, -0.25) is 14.5 Å². The highest BCUT2D eigenvalue weighted by Gasteiger charge is 2.24. The zero-order chi connectivity index (χ0) is 21.8. The van der Waals surface area contributed by atoms with Gasteiger partial charge in [0.15, 0.2) is 0 Å². The Hall–Kier alpha value is -3.03. The van der Waals surface area contributed by atoms with Crippen LogP contribution in [0.3, 0.4) is 0 Å². The van der Waals surface area contributed by atoms with Gasteiger partial charge >= 0.3 is 0 Å². The van der Waals surface area contributed by atoms with Crippen LogP contribution in [0, 0.1) is 0 Å².